The fourth-order valence-electron chi connectivity index (χ4n) is 2.32. The summed E-state index contributed by atoms with van der Waals surface area (Å²) in [5.74, 6) is 0.00944. The highest BCUT2D eigenvalue weighted by molar-refractivity contribution is 7.80. The van der Waals surface area contributed by atoms with Gasteiger partial charge in [-0.05, 0) is 12.8 Å². The number of nitrogens with one attached hydrogen (secondary N) is 1. The van der Waals surface area contributed by atoms with E-state index in [1.807, 2.05) is 0 Å². The zero-order valence-corrected chi connectivity index (χ0v) is 11.8. The maximum absolute atomic E-state index is 11.8. The monoisotopic (exact) mass is 273 g/mol. The molecule has 18 heavy (non-hydrogen) atoms. The molecule has 1 fully saturated rings. The van der Waals surface area contributed by atoms with Gasteiger partial charge in [0.2, 0.25) is 5.91 Å². The predicted octanol–water partition coefficient (Wildman–Crippen LogP) is 0.280. The second-order valence-corrected chi connectivity index (χ2v) is 5.18. The number of rotatable bonds is 8. The molecule has 6 heteroatoms. The molecule has 0 bridgehead atoms. The molecule has 0 unspecified atom stereocenters. The molecule has 0 heterocycles. The van der Waals surface area contributed by atoms with E-state index in [9.17, 15) is 4.79 Å². The first-order valence-corrected chi connectivity index (χ1v) is 6.82. The number of methoxy groups -OCH3 is 1. The van der Waals surface area contributed by atoms with Crippen LogP contribution >= 0.6 is 12.2 Å². The van der Waals surface area contributed by atoms with Crippen LogP contribution in [0.15, 0.2) is 0 Å². The summed E-state index contributed by atoms with van der Waals surface area (Å²) in [5.41, 5.74) is 5.60. The Hall–Kier alpha value is -0.720. The van der Waals surface area contributed by atoms with Crippen molar-refractivity contribution in [1.29, 1.82) is 0 Å². The zero-order valence-electron chi connectivity index (χ0n) is 11.0. The Balaban J connectivity index is 2.39. The number of nitrogens with two attached hydrogens (primary N) is 1. The van der Waals surface area contributed by atoms with E-state index in [0.29, 0.717) is 37.3 Å². The lowest BCUT2D eigenvalue weighted by Crippen LogP contribution is -2.45. The minimum atomic E-state index is 0.00944. The molecule has 1 aliphatic rings. The fraction of sp³-hybridized carbons (Fsp3) is 0.833. The van der Waals surface area contributed by atoms with Crippen LogP contribution in [-0.4, -0.2) is 55.2 Å². The van der Waals surface area contributed by atoms with Crippen molar-refractivity contribution in [3.63, 3.8) is 0 Å². The number of thiocarbonyl (C=S) groups is 1. The number of carbonyl (C=O) groups is 1. The van der Waals surface area contributed by atoms with Gasteiger partial charge in [-0.1, -0.05) is 25.1 Å². The van der Waals surface area contributed by atoms with Crippen molar-refractivity contribution < 1.29 is 9.53 Å². The van der Waals surface area contributed by atoms with Crippen LogP contribution in [0.25, 0.3) is 0 Å². The van der Waals surface area contributed by atoms with Crippen LogP contribution in [0.1, 0.15) is 25.7 Å². The average molecular weight is 273 g/mol. The van der Waals surface area contributed by atoms with Gasteiger partial charge in [0.05, 0.1) is 18.1 Å². The van der Waals surface area contributed by atoms with Crippen LogP contribution in [0.2, 0.25) is 0 Å². The molecular formula is C12H23N3O2S. The van der Waals surface area contributed by atoms with Gasteiger partial charge in [0, 0.05) is 26.2 Å². The molecule has 0 aromatic carbocycles. The van der Waals surface area contributed by atoms with E-state index in [2.05, 4.69) is 10.2 Å². The predicted molar refractivity (Wildman–Crippen MR) is 75.5 cm³/mol. The lowest BCUT2D eigenvalue weighted by atomic mass is 10.2. The molecule has 3 N–H and O–H groups in total. The minimum Gasteiger partial charge on any atom is -0.392 e. The third kappa shape index (κ3) is 5.75. The van der Waals surface area contributed by atoms with Crippen molar-refractivity contribution >= 4 is 23.1 Å². The number of nitrogens with zero attached hydrogens (tertiary/aromatic N) is 1. The summed E-state index contributed by atoms with van der Waals surface area (Å²) in [7, 11) is 1.61. The Morgan fingerprint density at radius 3 is 2.67 bits per heavy atom. The van der Waals surface area contributed by atoms with Crippen molar-refractivity contribution in [3.8, 4) is 0 Å². The van der Waals surface area contributed by atoms with Crippen molar-refractivity contribution in [2.75, 3.05) is 33.4 Å². The third-order valence-electron chi connectivity index (χ3n) is 3.18. The second kappa shape index (κ2) is 8.39. The second-order valence-electron chi connectivity index (χ2n) is 4.65. The Labute approximate surface area is 114 Å². The van der Waals surface area contributed by atoms with E-state index in [-0.39, 0.29) is 5.91 Å². The summed E-state index contributed by atoms with van der Waals surface area (Å²) < 4.78 is 4.89. The molecule has 5 nitrogen and oxygen atoms in total. The summed E-state index contributed by atoms with van der Waals surface area (Å²) in [6.07, 6.45) is 4.72. The standard InChI is InChI=1S/C12H23N3O2S/c1-17-7-6-14-12(16)9-15(8-11(13)18)10-4-2-3-5-10/h10H,2-9H2,1H3,(H2,13,18)(H,14,16). The van der Waals surface area contributed by atoms with E-state index in [4.69, 9.17) is 22.7 Å². The topological polar surface area (TPSA) is 67.6 Å². The number of hydrogen-bond acceptors (Lipinski definition) is 4. The van der Waals surface area contributed by atoms with Gasteiger partial charge in [-0.2, -0.15) is 0 Å². The van der Waals surface area contributed by atoms with Crippen LogP contribution < -0.4 is 11.1 Å². The lowest BCUT2D eigenvalue weighted by molar-refractivity contribution is -0.122. The van der Waals surface area contributed by atoms with E-state index in [0.717, 1.165) is 12.8 Å². The Morgan fingerprint density at radius 2 is 2.11 bits per heavy atom. The number of amides is 1. The van der Waals surface area contributed by atoms with Crippen molar-refractivity contribution in [1.82, 2.24) is 10.2 Å². The Bertz CT molecular complexity index is 280. The van der Waals surface area contributed by atoms with Gasteiger partial charge in [-0.15, -0.1) is 0 Å². The average Bonchev–Trinajstić information content (AvgIpc) is 2.81. The smallest absolute Gasteiger partial charge is 0.234 e. The van der Waals surface area contributed by atoms with Gasteiger partial charge in [-0.3, -0.25) is 9.69 Å². The van der Waals surface area contributed by atoms with Gasteiger partial charge in [-0.25, -0.2) is 0 Å². The Kier molecular flexibility index (Phi) is 7.15. The molecule has 0 radical (unpaired) electrons. The number of hydrogen-bond donors (Lipinski definition) is 2. The molecule has 1 aliphatic carbocycles. The molecule has 104 valence electrons. The first-order chi connectivity index (χ1) is 8.63. The fourth-order valence-corrected chi connectivity index (χ4v) is 2.48. The van der Waals surface area contributed by atoms with Crippen LogP contribution in [0.5, 0.6) is 0 Å². The molecule has 1 rings (SSSR count). The normalized spacial score (nSPS) is 16.1. The highest BCUT2D eigenvalue weighted by Gasteiger charge is 2.24. The summed E-state index contributed by atoms with van der Waals surface area (Å²) >= 11 is 4.95. The van der Waals surface area contributed by atoms with Gasteiger partial charge >= 0.3 is 0 Å². The summed E-state index contributed by atoms with van der Waals surface area (Å²) in [6.45, 7) is 1.97. The molecule has 0 spiro atoms. The number of carbonyl (C=O) groups excluding carboxylic acids is 1. The maximum atomic E-state index is 11.8. The third-order valence-corrected chi connectivity index (χ3v) is 3.30. The molecular weight excluding hydrogens is 250 g/mol. The molecule has 0 atom stereocenters. The molecule has 1 saturated carbocycles. The summed E-state index contributed by atoms with van der Waals surface area (Å²) in [4.78, 5) is 14.3. The van der Waals surface area contributed by atoms with Crippen LogP contribution in [-0.2, 0) is 9.53 Å². The highest BCUT2D eigenvalue weighted by Crippen LogP contribution is 2.22. The number of ether oxygens (including phenoxy) is 1. The largest absolute Gasteiger partial charge is 0.392 e. The molecule has 0 saturated heterocycles. The van der Waals surface area contributed by atoms with Crippen molar-refractivity contribution in [2.24, 2.45) is 5.73 Å². The zero-order chi connectivity index (χ0) is 13.4. The SMILES string of the molecule is COCCNC(=O)CN(CC(N)=S)C1CCCC1. The van der Waals surface area contributed by atoms with Crippen LogP contribution in [0.4, 0.5) is 0 Å². The van der Waals surface area contributed by atoms with Crippen molar-refractivity contribution in [2.45, 2.75) is 31.7 Å². The van der Waals surface area contributed by atoms with Crippen LogP contribution in [0.3, 0.4) is 0 Å². The van der Waals surface area contributed by atoms with Gasteiger partial charge in [0.15, 0.2) is 0 Å². The maximum Gasteiger partial charge on any atom is 0.234 e. The quantitative estimate of drug-likeness (QED) is 0.491. The molecule has 0 aromatic rings. The van der Waals surface area contributed by atoms with E-state index < -0.39 is 0 Å². The van der Waals surface area contributed by atoms with Gasteiger partial charge < -0.3 is 15.8 Å². The van der Waals surface area contributed by atoms with Gasteiger partial charge in [0.25, 0.3) is 0 Å². The Morgan fingerprint density at radius 1 is 1.44 bits per heavy atom. The first-order valence-electron chi connectivity index (χ1n) is 6.41. The van der Waals surface area contributed by atoms with Gasteiger partial charge in [0.1, 0.15) is 0 Å². The molecule has 0 aliphatic heterocycles. The van der Waals surface area contributed by atoms with E-state index in [1.54, 1.807) is 7.11 Å². The molecule has 0 aromatic heterocycles. The highest BCUT2D eigenvalue weighted by atomic mass is 32.1. The minimum absolute atomic E-state index is 0.00944. The molecule has 1 amide bonds. The van der Waals surface area contributed by atoms with E-state index >= 15 is 0 Å². The summed E-state index contributed by atoms with van der Waals surface area (Å²) in [5, 5.41) is 2.82. The first kappa shape index (κ1) is 15.3. The van der Waals surface area contributed by atoms with Crippen molar-refractivity contribution in [3.05, 3.63) is 0 Å². The summed E-state index contributed by atoms with van der Waals surface area (Å²) in [6, 6.07) is 0.444. The van der Waals surface area contributed by atoms with E-state index in [1.165, 1.54) is 12.8 Å². The van der Waals surface area contributed by atoms with Crippen LogP contribution in [0, 0.1) is 0 Å². The lowest BCUT2D eigenvalue weighted by Gasteiger charge is -2.27.